The van der Waals surface area contributed by atoms with Crippen molar-refractivity contribution in [1.82, 2.24) is 9.62 Å². The van der Waals surface area contributed by atoms with Gasteiger partial charge in [0.05, 0.1) is 29.2 Å². The van der Waals surface area contributed by atoms with Crippen LogP contribution in [0.25, 0.3) is 0 Å². The third kappa shape index (κ3) is 6.03. The molecule has 0 aromatic heterocycles. The fourth-order valence-electron chi connectivity index (χ4n) is 3.09. The minimum absolute atomic E-state index is 0.00664. The number of amides is 1. The number of ether oxygens (including phenoxy) is 1. The van der Waals surface area contributed by atoms with E-state index in [-0.39, 0.29) is 43.8 Å². The minimum Gasteiger partial charge on any atom is -0.379 e. The Labute approximate surface area is 185 Å². The molecule has 2 aromatic carbocycles. The van der Waals surface area contributed by atoms with Gasteiger partial charge in [0.2, 0.25) is 10.0 Å². The largest absolute Gasteiger partial charge is 0.416 e. The number of rotatable bonds is 5. The van der Waals surface area contributed by atoms with Gasteiger partial charge < -0.3 is 10.1 Å². The molecule has 0 aliphatic carbocycles. The number of carbonyl (C=O) groups is 1. The normalized spacial score (nSPS) is 15.9. The first-order chi connectivity index (χ1) is 15.3. The Morgan fingerprint density at radius 3 is 1.91 bits per heavy atom. The third-order valence-electron chi connectivity index (χ3n) is 4.83. The number of alkyl halides is 6. The average Bonchev–Trinajstić information content (AvgIpc) is 2.77. The summed E-state index contributed by atoms with van der Waals surface area (Å²) < 4.78 is 109. The molecule has 13 heteroatoms. The van der Waals surface area contributed by atoms with Gasteiger partial charge in [-0.3, -0.25) is 4.79 Å². The molecule has 3 rings (SSSR count). The van der Waals surface area contributed by atoms with E-state index >= 15 is 0 Å². The zero-order chi connectivity index (χ0) is 24.4. The van der Waals surface area contributed by atoms with Gasteiger partial charge in [0.25, 0.3) is 5.91 Å². The van der Waals surface area contributed by atoms with Gasteiger partial charge in [-0.25, -0.2) is 8.42 Å². The molecule has 1 amide bonds. The quantitative estimate of drug-likeness (QED) is 0.641. The van der Waals surface area contributed by atoms with Crippen LogP contribution < -0.4 is 5.32 Å². The number of hydrogen-bond donors (Lipinski definition) is 1. The van der Waals surface area contributed by atoms with Crippen molar-refractivity contribution >= 4 is 15.9 Å². The first kappa shape index (κ1) is 25.0. The fraction of sp³-hybridized carbons (Fsp3) is 0.350. The van der Waals surface area contributed by atoms with Crippen LogP contribution in [0, 0.1) is 0 Å². The van der Waals surface area contributed by atoms with Crippen LogP contribution in [0.4, 0.5) is 26.3 Å². The lowest BCUT2D eigenvalue weighted by Crippen LogP contribution is -2.40. The number of nitrogens with zero attached hydrogens (tertiary/aromatic N) is 1. The highest BCUT2D eigenvalue weighted by Crippen LogP contribution is 2.36. The van der Waals surface area contributed by atoms with Gasteiger partial charge in [0, 0.05) is 25.2 Å². The Kier molecular flexibility index (Phi) is 7.05. The summed E-state index contributed by atoms with van der Waals surface area (Å²) in [6.07, 6.45) is -10.1. The summed E-state index contributed by atoms with van der Waals surface area (Å²) >= 11 is 0. The summed E-state index contributed by atoms with van der Waals surface area (Å²) in [5.41, 5.74) is -3.60. The molecule has 0 bridgehead atoms. The number of morpholine rings is 1. The molecule has 0 unspecified atom stereocenters. The smallest absolute Gasteiger partial charge is 0.379 e. The Hall–Kier alpha value is -2.64. The molecule has 1 fully saturated rings. The van der Waals surface area contributed by atoms with Crippen LogP contribution in [0.5, 0.6) is 0 Å². The number of sulfonamides is 1. The summed E-state index contributed by atoms with van der Waals surface area (Å²) in [6, 6.07) is 5.99. The van der Waals surface area contributed by atoms with Gasteiger partial charge in [0.1, 0.15) is 0 Å². The van der Waals surface area contributed by atoms with E-state index in [9.17, 15) is 39.6 Å². The Morgan fingerprint density at radius 2 is 1.42 bits per heavy atom. The molecular weight excluding hydrogens is 478 g/mol. The molecule has 6 nitrogen and oxygen atoms in total. The van der Waals surface area contributed by atoms with Gasteiger partial charge in [0.15, 0.2) is 0 Å². The molecule has 1 saturated heterocycles. The predicted molar refractivity (Wildman–Crippen MR) is 104 cm³/mol. The molecule has 0 atom stereocenters. The molecule has 0 spiro atoms. The van der Waals surface area contributed by atoms with Crippen molar-refractivity contribution in [2.75, 3.05) is 26.3 Å². The van der Waals surface area contributed by atoms with E-state index in [1.165, 1.54) is 28.6 Å². The highest BCUT2D eigenvalue weighted by Gasteiger charge is 2.37. The second-order valence-corrected chi connectivity index (χ2v) is 9.08. The number of carbonyl (C=O) groups excluding carboxylic acids is 1. The van der Waals surface area contributed by atoms with Crippen LogP contribution in [0.3, 0.4) is 0 Å². The average molecular weight is 496 g/mol. The van der Waals surface area contributed by atoms with Crippen LogP contribution in [0.1, 0.15) is 27.0 Å². The van der Waals surface area contributed by atoms with Gasteiger partial charge in [-0.05, 0) is 35.9 Å². The monoisotopic (exact) mass is 496 g/mol. The molecular formula is C20H18F6N2O4S. The van der Waals surface area contributed by atoms with Crippen molar-refractivity contribution in [1.29, 1.82) is 0 Å². The lowest BCUT2D eigenvalue weighted by Gasteiger charge is -2.26. The molecule has 2 aromatic rings. The topological polar surface area (TPSA) is 75.7 Å². The standard InChI is InChI=1S/C20H18F6N2O4S/c21-19(22,23)15-9-14(10-16(11-15)20(24,25)26)18(29)27-12-13-1-3-17(4-2-13)33(30,31)28-5-7-32-8-6-28/h1-4,9-11H,5-8,12H2,(H,27,29). The summed E-state index contributed by atoms with van der Waals surface area (Å²) in [6.45, 7) is 0.715. The number of halogens is 6. The van der Waals surface area contributed by atoms with E-state index in [2.05, 4.69) is 5.32 Å². The third-order valence-corrected chi connectivity index (χ3v) is 6.75. The first-order valence-electron chi connectivity index (χ1n) is 9.53. The Morgan fingerprint density at radius 1 is 0.909 bits per heavy atom. The van der Waals surface area contributed by atoms with Gasteiger partial charge >= 0.3 is 12.4 Å². The highest BCUT2D eigenvalue weighted by atomic mass is 32.2. The van der Waals surface area contributed by atoms with Gasteiger partial charge in [-0.15, -0.1) is 0 Å². The number of benzene rings is 2. The molecule has 1 aliphatic rings. The van der Waals surface area contributed by atoms with Crippen molar-refractivity contribution in [3.05, 3.63) is 64.7 Å². The molecule has 180 valence electrons. The van der Waals surface area contributed by atoms with Crippen LogP contribution in [-0.4, -0.2) is 44.9 Å². The Balaban J connectivity index is 1.73. The van der Waals surface area contributed by atoms with E-state index in [1.54, 1.807) is 0 Å². The van der Waals surface area contributed by atoms with Crippen LogP contribution in [-0.2, 0) is 33.7 Å². The van der Waals surface area contributed by atoms with E-state index < -0.39 is 45.0 Å². The fourth-order valence-corrected chi connectivity index (χ4v) is 4.49. The lowest BCUT2D eigenvalue weighted by molar-refractivity contribution is -0.143. The molecule has 33 heavy (non-hydrogen) atoms. The van der Waals surface area contributed by atoms with E-state index in [4.69, 9.17) is 4.74 Å². The number of nitrogens with one attached hydrogen (secondary N) is 1. The van der Waals surface area contributed by atoms with Crippen LogP contribution >= 0.6 is 0 Å². The number of hydrogen-bond acceptors (Lipinski definition) is 4. The van der Waals surface area contributed by atoms with Gasteiger partial charge in [-0.1, -0.05) is 12.1 Å². The summed E-state index contributed by atoms with van der Waals surface area (Å²) in [4.78, 5) is 12.3. The van der Waals surface area contributed by atoms with Crippen molar-refractivity contribution in [2.45, 2.75) is 23.8 Å². The van der Waals surface area contributed by atoms with E-state index in [0.717, 1.165) is 0 Å². The minimum atomic E-state index is -5.07. The summed E-state index contributed by atoms with van der Waals surface area (Å²) in [5.74, 6) is -1.14. The second kappa shape index (κ2) is 9.31. The second-order valence-electron chi connectivity index (χ2n) is 7.14. The van der Waals surface area contributed by atoms with Gasteiger partial charge in [-0.2, -0.15) is 30.6 Å². The Bertz CT molecular complexity index is 1080. The zero-order valence-corrected chi connectivity index (χ0v) is 17.6. The molecule has 1 aliphatic heterocycles. The van der Waals surface area contributed by atoms with Crippen molar-refractivity contribution in [3.63, 3.8) is 0 Å². The zero-order valence-electron chi connectivity index (χ0n) is 16.8. The maximum absolute atomic E-state index is 13.0. The highest BCUT2D eigenvalue weighted by molar-refractivity contribution is 7.89. The van der Waals surface area contributed by atoms with Crippen LogP contribution in [0.15, 0.2) is 47.4 Å². The van der Waals surface area contributed by atoms with Crippen LogP contribution in [0.2, 0.25) is 0 Å². The SMILES string of the molecule is O=C(NCc1ccc(S(=O)(=O)N2CCOCC2)cc1)c1cc(C(F)(F)F)cc(C(F)(F)F)c1. The summed E-state index contributed by atoms with van der Waals surface area (Å²) in [7, 11) is -3.74. The molecule has 1 N–H and O–H groups in total. The first-order valence-corrected chi connectivity index (χ1v) is 11.0. The van der Waals surface area contributed by atoms with Crippen molar-refractivity contribution in [2.24, 2.45) is 0 Å². The lowest BCUT2D eigenvalue weighted by atomic mass is 10.0. The van der Waals surface area contributed by atoms with E-state index in [0.29, 0.717) is 17.7 Å². The predicted octanol–water partition coefficient (Wildman–Crippen LogP) is 3.68. The van der Waals surface area contributed by atoms with Crippen molar-refractivity contribution < 1.29 is 44.3 Å². The summed E-state index contributed by atoms with van der Waals surface area (Å²) in [5, 5.41) is 2.24. The maximum Gasteiger partial charge on any atom is 0.416 e. The maximum atomic E-state index is 13.0. The van der Waals surface area contributed by atoms with Crippen molar-refractivity contribution in [3.8, 4) is 0 Å². The molecule has 0 radical (unpaired) electrons. The molecule has 1 heterocycles. The molecule has 0 saturated carbocycles. The van der Waals surface area contributed by atoms with E-state index in [1.807, 2.05) is 0 Å².